The molecule has 176 valence electrons. The molecule has 4 heterocycles. The van der Waals surface area contributed by atoms with Crippen molar-refractivity contribution >= 4 is 33.7 Å². The number of carbonyl (C=O) groups is 1. The highest BCUT2D eigenvalue weighted by Gasteiger charge is 2.17. The summed E-state index contributed by atoms with van der Waals surface area (Å²) in [5, 5.41) is 10.3. The molecule has 6 rings (SSSR count). The number of halogens is 1. The van der Waals surface area contributed by atoms with Gasteiger partial charge in [-0.1, -0.05) is 31.2 Å². The lowest BCUT2D eigenvalue weighted by atomic mass is 10.0. The van der Waals surface area contributed by atoms with Crippen molar-refractivity contribution in [2.45, 2.75) is 13.3 Å². The molecule has 0 spiro atoms. The maximum absolute atomic E-state index is 13.4. The van der Waals surface area contributed by atoms with E-state index in [2.05, 4.69) is 25.5 Å². The minimum absolute atomic E-state index is 0.0839. The van der Waals surface area contributed by atoms with E-state index < -0.39 is 0 Å². The first-order valence-corrected chi connectivity index (χ1v) is 11.4. The molecule has 0 fully saturated rings. The Morgan fingerprint density at radius 3 is 2.64 bits per heavy atom. The third-order valence-corrected chi connectivity index (χ3v) is 5.94. The summed E-state index contributed by atoms with van der Waals surface area (Å²) in [4.78, 5) is 29.0. The number of imidazole rings is 1. The van der Waals surface area contributed by atoms with Crippen LogP contribution in [0.3, 0.4) is 0 Å². The number of anilines is 1. The zero-order chi connectivity index (χ0) is 24.6. The van der Waals surface area contributed by atoms with Gasteiger partial charge in [0.2, 0.25) is 5.91 Å². The normalized spacial score (nSPS) is 11.3. The smallest absolute Gasteiger partial charge is 0.224 e. The number of pyridine rings is 2. The fraction of sp³-hybridized carbons (Fsp3) is 0.0741. The maximum atomic E-state index is 13.4. The van der Waals surface area contributed by atoms with Crippen molar-refractivity contribution in [3.63, 3.8) is 0 Å². The van der Waals surface area contributed by atoms with Crippen LogP contribution >= 0.6 is 0 Å². The Bertz CT molecular complexity index is 1740. The zero-order valence-electron chi connectivity index (χ0n) is 19.2. The van der Waals surface area contributed by atoms with Crippen molar-refractivity contribution in [1.82, 2.24) is 30.1 Å². The van der Waals surface area contributed by atoms with Gasteiger partial charge in [-0.2, -0.15) is 5.10 Å². The molecule has 1 amide bonds. The van der Waals surface area contributed by atoms with Crippen molar-refractivity contribution in [3.05, 3.63) is 78.9 Å². The Hall–Kier alpha value is -4.92. The van der Waals surface area contributed by atoms with E-state index in [1.807, 2.05) is 36.4 Å². The number of carbonyl (C=O) groups excluding carboxylic acids is 1. The first-order chi connectivity index (χ1) is 17.6. The molecule has 0 saturated carbocycles. The first-order valence-electron chi connectivity index (χ1n) is 11.4. The van der Waals surface area contributed by atoms with Crippen LogP contribution in [0.4, 0.5) is 10.1 Å². The molecule has 8 nitrogen and oxygen atoms in total. The number of H-pyrrole nitrogens is 2. The van der Waals surface area contributed by atoms with Gasteiger partial charge in [-0.3, -0.25) is 14.9 Å². The van der Waals surface area contributed by atoms with Crippen LogP contribution in [0.25, 0.3) is 56.0 Å². The lowest BCUT2D eigenvalue weighted by molar-refractivity contribution is -0.115. The van der Waals surface area contributed by atoms with Gasteiger partial charge in [0.05, 0.1) is 34.1 Å². The average Bonchev–Trinajstić information content (AvgIpc) is 3.53. The monoisotopic (exact) mass is 477 g/mol. The number of amides is 1. The van der Waals surface area contributed by atoms with Gasteiger partial charge in [0.1, 0.15) is 11.3 Å². The molecule has 2 aromatic carbocycles. The topological polar surface area (TPSA) is 112 Å². The van der Waals surface area contributed by atoms with Gasteiger partial charge in [-0.05, 0) is 42.0 Å². The van der Waals surface area contributed by atoms with Gasteiger partial charge in [-0.15, -0.1) is 0 Å². The van der Waals surface area contributed by atoms with Crippen LogP contribution in [0.5, 0.6) is 0 Å². The number of rotatable bonds is 5. The van der Waals surface area contributed by atoms with Crippen LogP contribution in [-0.4, -0.2) is 36.0 Å². The SMILES string of the molecule is CCC(=O)Nc1cncc(-c2ccc3[nH]nc(-c4nc5c(-c6ccc(F)cc6)cccc5[nH]4)c3n2)c1. The van der Waals surface area contributed by atoms with Gasteiger partial charge >= 0.3 is 0 Å². The maximum Gasteiger partial charge on any atom is 0.224 e. The summed E-state index contributed by atoms with van der Waals surface area (Å²) < 4.78 is 13.4. The molecule has 0 atom stereocenters. The molecule has 0 aliphatic rings. The van der Waals surface area contributed by atoms with Gasteiger partial charge < -0.3 is 10.3 Å². The average molecular weight is 478 g/mol. The molecule has 0 aliphatic carbocycles. The predicted octanol–water partition coefficient (Wildman–Crippen LogP) is 5.72. The molecule has 0 unspecified atom stereocenters. The second-order valence-electron chi connectivity index (χ2n) is 8.32. The lowest BCUT2D eigenvalue weighted by Gasteiger charge is -2.06. The number of para-hydroxylation sites is 1. The number of aromatic amines is 2. The Morgan fingerprint density at radius 2 is 1.81 bits per heavy atom. The van der Waals surface area contributed by atoms with Crippen molar-refractivity contribution in [2.75, 3.05) is 5.32 Å². The highest BCUT2D eigenvalue weighted by atomic mass is 19.1. The third kappa shape index (κ3) is 3.86. The molecule has 0 bridgehead atoms. The Morgan fingerprint density at radius 1 is 0.944 bits per heavy atom. The van der Waals surface area contributed by atoms with Gasteiger partial charge in [0.15, 0.2) is 11.5 Å². The van der Waals surface area contributed by atoms with E-state index >= 15 is 0 Å². The zero-order valence-corrected chi connectivity index (χ0v) is 19.2. The minimum Gasteiger partial charge on any atom is -0.336 e. The number of benzene rings is 2. The van der Waals surface area contributed by atoms with Crippen LogP contribution < -0.4 is 5.32 Å². The van der Waals surface area contributed by atoms with E-state index in [1.165, 1.54) is 12.1 Å². The summed E-state index contributed by atoms with van der Waals surface area (Å²) >= 11 is 0. The van der Waals surface area contributed by atoms with E-state index in [9.17, 15) is 9.18 Å². The Labute approximate surface area is 204 Å². The van der Waals surface area contributed by atoms with Crippen LogP contribution in [0.2, 0.25) is 0 Å². The number of fused-ring (bicyclic) bond motifs is 2. The quantitative estimate of drug-likeness (QED) is 0.294. The summed E-state index contributed by atoms with van der Waals surface area (Å²) in [5.41, 5.74) is 7.41. The molecule has 3 N–H and O–H groups in total. The fourth-order valence-electron chi connectivity index (χ4n) is 4.13. The predicted molar refractivity (Wildman–Crippen MR) is 137 cm³/mol. The molecule has 6 aromatic rings. The molecule has 36 heavy (non-hydrogen) atoms. The molecule has 0 saturated heterocycles. The Kier molecular flexibility index (Phi) is 5.22. The highest BCUT2D eigenvalue weighted by Crippen LogP contribution is 2.32. The van der Waals surface area contributed by atoms with Gasteiger partial charge in [0.25, 0.3) is 0 Å². The van der Waals surface area contributed by atoms with Crippen molar-refractivity contribution in [1.29, 1.82) is 0 Å². The van der Waals surface area contributed by atoms with Crippen molar-refractivity contribution < 1.29 is 9.18 Å². The second-order valence-corrected chi connectivity index (χ2v) is 8.32. The molecule has 9 heteroatoms. The summed E-state index contributed by atoms with van der Waals surface area (Å²) in [7, 11) is 0. The standard InChI is InChI=1S/C27H20FN7O/c1-2-23(36)30-18-12-16(13-29-14-18)20-10-11-22-25(31-20)26(35-34-22)27-32-21-5-3-4-19(24(21)33-27)15-6-8-17(28)9-7-15/h3-14H,2H2,1H3,(H,30,36)(H,32,33)(H,34,35). The van der Waals surface area contributed by atoms with E-state index in [0.717, 1.165) is 33.2 Å². The first kappa shape index (κ1) is 21.6. The Balaban J connectivity index is 1.42. The van der Waals surface area contributed by atoms with Crippen LogP contribution in [0.15, 0.2) is 73.1 Å². The summed E-state index contributed by atoms with van der Waals surface area (Å²) in [6.45, 7) is 1.79. The summed E-state index contributed by atoms with van der Waals surface area (Å²) in [6.07, 6.45) is 3.69. The third-order valence-electron chi connectivity index (χ3n) is 5.94. The largest absolute Gasteiger partial charge is 0.336 e. The summed E-state index contributed by atoms with van der Waals surface area (Å²) in [5.74, 6) is 0.198. The molecule has 0 aliphatic heterocycles. The van der Waals surface area contributed by atoms with E-state index in [1.54, 1.807) is 31.5 Å². The number of nitrogens with one attached hydrogen (secondary N) is 3. The highest BCUT2D eigenvalue weighted by molar-refractivity contribution is 5.96. The number of hydrogen-bond acceptors (Lipinski definition) is 5. The van der Waals surface area contributed by atoms with Gasteiger partial charge in [0, 0.05) is 23.7 Å². The fourth-order valence-corrected chi connectivity index (χ4v) is 4.13. The number of hydrogen-bond donors (Lipinski definition) is 3. The minimum atomic E-state index is -0.285. The van der Waals surface area contributed by atoms with E-state index in [4.69, 9.17) is 9.97 Å². The van der Waals surface area contributed by atoms with Crippen LogP contribution in [-0.2, 0) is 4.79 Å². The molecule has 0 radical (unpaired) electrons. The van der Waals surface area contributed by atoms with E-state index in [-0.39, 0.29) is 11.7 Å². The van der Waals surface area contributed by atoms with Crippen molar-refractivity contribution in [2.24, 2.45) is 0 Å². The molecular formula is C27H20FN7O. The van der Waals surface area contributed by atoms with Crippen LogP contribution in [0.1, 0.15) is 13.3 Å². The summed E-state index contributed by atoms with van der Waals surface area (Å²) in [6, 6.07) is 17.8. The lowest BCUT2D eigenvalue weighted by Crippen LogP contribution is -2.09. The van der Waals surface area contributed by atoms with Gasteiger partial charge in [-0.25, -0.2) is 14.4 Å². The van der Waals surface area contributed by atoms with E-state index in [0.29, 0.717) is 34.8 Å². The van der Waals surface area contributed by atoms with Crippen molar-refractivity contribution in [3.8, 4) is 33.9 Å². The number of nitrogens with zero attached hydrogens (tertiary/aromatic N) is 4. The second kappa shape index (κ2) is 8.70. The molecular weight excluding hydrogens is 457 g/mol. The number of aromatic nitrogens is 6. The van der Waals surface area contributed by atoms with Crippen LogP contribution in [0, 0.1) is 5.82 Å². The molecule has 4 aromatic heterocycles.